The molecular formula is C43H42ClN11O5. The smallest absolute Gasteiger partial charge is 0.262 e. The van der Waals surface area contributed by atoms with Crippen molar-refractivity contribution in [2.75, 3.05) is 67.5 Å². The van der Waals surface area contributed by atoms with Gasteiger partial charge in [0.2, 0.25) is 11.8 Å². The second-order valence-corrected chi connectivity index (χ2v) is 16.3. The third kappa shape index (κ3) is 7.62. The first-order valence-corrected chi connectivity index (χ1v) is 20.6. The highest BCUT2D eigenvalue weighted by Gasteiger charge is 2.45. The summed E-state index contributed by atoms with van der Waals surface area (Å²) < 4.78 is 0. The molecule has 0 radical (unpaired) electrons. The van der Waals surface area contributed by atoms with E-state index >= 15 is 0 Å². The highest BCUT2D eigenvalue weighted by molar-refractivity contribution is 6.32. The molecule has 306 valence electrons. The Kier molecular flexibility index (Phi) is 10.6. The first-order chi connectivity index (χ1) is 29.1. The number of carbonyl (C=O) groups is 5. The number of pyridine rings is 1. The van der Waals surface area contributed by atoms with Crippen molar-refractivity contribution in [2.24, 2.45) is 5.92 Å². The molecule has 0 spiro atoms. The van der Waals surface area contributed by atoms with Gasteiger partial charge in [-0.1, -0.05) is 11.6 Å². The second kappa shape index (κ2) is 16.3. The van der Waals surface area contributed by atoms with Crippen LogP contribution in [0, 0.1) is 17.2 Å². The van der Waals surface area contributed by atoms with Crippen LogP contribution in [0.15, 0.2) is 61.1 Å². The topological polar surface area (TPSA) is 188 Å². The van der Waals surface area contributed by atoms with Crippen LogP contribution in [0.3, 0.4) is 0 Å². The first-order valence-electron chi connectivity index (χ1n) is 20.3. The van der Waals surface area contributed by atoms with E-state index in [-0.39, 0.29) is 29.9 Å². The van der Waals surface area contributed by atoms with Crippen molar-refractivity contribution in [3.63, 3.8) is 0 Å². The third-order valence-corrected chi connectivity index (χ3v) is 12.6. The maximum absolute atomic E-state index is 13.5. The maximum atomic E-state index is 13.5. The Morgan fingerprint density at radius 1 is 0.833 bits per heavy atom. The molecule has 17 heteroatoms. The van der Waals surface area contributed by atoms with Gasteiger partial charge in [0.05, 0.1) is 39.5 Å². The first kappa shape index (κ1) is 39.0. The van der Waals surface area contributed by atoms with Crippen LogP contribution >= 0.6 is 11.6 Å². The lowest BCUT2D eigenvalue weighted by molar-refractivity contribution is -0.136. The molecular weight excluding hydrogens is 786 g/mol. The maximum Gasteiger partial charge on any atom is 0.262 e. The highest BCUT2D eigenvalue weighted by atomic mass is 35.5. The van der Waals surface area contributed by atoms with Gasteiger partial charge >= 0.3 is 0 Å². The lowest BCUT2D eigenvalue weighted by Crippen LogP contribution is -2.54. The van der Waals surface area contributed by atoms with Crippen molar-refractivity contribution in [1.82, 2.24) is 35.0 Å². The highest BCUT2D eigenvalue weighted by Crippen LogP contribution is 2.33. The molecule has 3 fully saturated rings. The summed E-state index contributed by atoms with van der Waals surface area (Å²) in [5.74, 6) is -0.307. The van der Waals surface area contributed by atoms with Crippen LogP contribution in [0.1, 0.15) is 73.6 Å². The van der Waals surface area contributed by atoms with Gasteiger partial charge in [0, 0.05) is 81.9 Å². The lowest BCUT2D eigenvalue weighted by atomic mass is 9.95. The molecule has 0 saturated carbocycles. The molecule has 4 aromatic rings. The monoisotopic (exact) mass is 827 g/mol. The van der Waals surface area contributed by atoms with Gasteiger partial charge in [-0.15, -0.1) is 0 Å². The summed E-state index contributed by atoms with van der Waals surface area (Å²) in [5, 5.41) is 15.2. The molecule has 1 unspecified atom stereocenters. The van der Waals surface area contributed by atoms with Gasteiger partial charge in [0.25, 0.3) is 17.7 Å². The number of halogens is 1. The van der Waals surface area contributed by atoms with Crippen molar-refractivity contribution < 1.29 is 24.0 Å². The number of imide groups is 2. The van der Waals surface area contributed by atoms with Gasteiger partial charge in [0.1, 0.15) is 30.1 Å². The van der Waals surface area contributed by atoms with E-state index in [1.807, 2.05) is 23.1 Å². The van der Waals surface area contributed by atoms with Crippen LogP contribution in [0.25, 0.3) is 0 Å². The van der Waals surface area contributed by atoms with Gasteiger partial charge < -0.3 is 20.0 Å². The number of carbonyl (C=O) groups excluding carboxylic acids is 5. The SMILES string of the molecule is N#Cc1ccc(N2CCc3c(ncnc3Nc3ccc(C(=O)N4CCC(CN5CCN(c6ccc7c(c6)C(=O)N(C6CCC(=O)NC6=O)C7=O)CC5)CC4)cn3)C2)cc1Cl. The van der Waals surface area contributed by atoms with E-state index in [0.29, 0.717) is 59.8 Å². The molecule has 0 aliphatic carbocycles. The lowest BCUT2D eigenvalue weighted by Gasteiger charge is -2.39. The Balaban J connectivity index is 0.736. The van der Waals surface area contributed by atoms with Gasteiger partial charge in [-0.25, -0.2) is 15.0 Å². The van der Waals surface area contributed by atoms with E-state index in [9.17, 15) is 29.2 Å². The quantitative estimate of drug-likeness (QED) is 0.245. The van der Waals surface area contributed by atoms with E-state index < -0.39 is 29.7 Å². The minimum absolute atomic E-state index is 0.0294. The van der Waals surface area contributed by atoms with E-state index in [1.54, 1.807) is 36.5 Å². The zero-order valence-electron chi connectivity index (χ0n) is 32.8. The van der Waals surface area contributed by atoms with Gasteiger partial charge in [-0.05, 0) is 80.1 Å². The summed E-state index contributed by atoms with van der Waals surface area (Å²) in [6.45, 7) is 6.84. The fourth-order valence-electron chi connectivity index (χ4n) is 8.90. The number of nitrogens with one attached hydrogen (secondary N) is 2. The molecule has 5 amide bonds. The van der Waals surface area contributed by atoms with Gasteiger partial charge in [-0.3, -0.25) is 39.1 Å². The fourth-order valence-corrected chi connectivity index (χ4v) is 9.12. The standard InChI is InChI=1S/C43H42ClN11O5/c44-34-20-30(3-1-27(34)21-45)54-14-11-32-35(24-54)47-25-48-39(32)49-37-7-2-28(22-46-37)41(58)53-12-9-26(10-13-53)23-51-15-17-52(18-16-51)29-4-5-31-33(19-29)43(60)55(42(31)59)36-6-8-38(56)50-40(36)57/h1-5,7,19-20,22,25-26,36H,6,8-18,23-24H2,(H,50,56,57)(H,46,47,48,49). The average molecular weight is 828 g/mol. The third-order valence-electron chi connectivity index (χ3n) is 12.3. The number of likely N-dealkylation sites (tertiary alicyclic amines) is 1. The van der Waals surface area contributed by atoms with Crippen LogP contribution in [0.4, 0.5) is 23.0 Å². The Labute approximate surface area is 351 Å². The van der Waals surface area contributed by atoms with Crippen molar-refractivity contribution in [2.45, 2.75) is 44.7 Å². The van der Waals surface area contributed by atoms with Crippen LogP contribution in [0.5, 0.6) is 0 Å². The Bertz CT molecular complexity index is 2440. The number of anilines is 4. The van der Waals surface area contributed by atoms with E-state index in [2.05, 4.69) is 46.4 Å². The molecule has 16 nitrogen and oxygen atoms in total. The predicted octanol–water partition coefficient (Wildman–Crippen LogP) is 3.78. The number of hydrogen-bond donors (Lipinski definition) is 2. The van der Waals surface area contributed by atoms with Crippen LogP contribution < -0.4 is 20.4 Å². The van der Waals surface area contributed by atoms with Crippen molar-refractivity contribution in [1.29, 1.82) is 5.26 Å². The molecule has 3 saturated heterocycles. The zero-order chi connectivity index (χ0) is 41.5. The number of aromatic nitrogens is 3. The summed E-state index contributed by atoms with van der Waals surface area (Å²) in [6, 6.07) is 15.4. The van der Waals surface area contributed by atoms with E-state index in [4.69, 9.17) is 11.6 Å². The molecule has 9 rings (SSSR count). The summed E-state index contributed by atoms with van der Waals surface area (Å²) in [5.41, 5.74) is 5.24. The average Bonchev–Trinajstić information content (AvgIpc) is 3.51. The number of rotatable bonds is 8. The van der Waals surface area contributed by atoms with Gasteiger partial charge in [-0.2, -0.15) is 5.26 Å². The van der Waals surface area contributed by atoms with E-state index in [0.717, 1.165) is 79.6 Å². The van der Waals surface area contributed by atoms with Crippen LogP contribution in [0.2, 0.25) is 5.02 Å². The Morgan fingerprint density at radius 3 is 2.33 bits per heavy atom. The zero-order valence-corrected chi connectivity index (χ0v) is 33.5. The number of amides is 5. The summed E-state index contributed by atoms with van der Waals surface area (Å²) in [4.78, 5) is 87.4. The molecule has 2 aromatic carbocycles. The number of piperazine rings is 1. The molecule has 0 bridgehead atoms. The van der Waals surface area contributed by atoms with Gasteiger partial charge in [0.15, 0.2) is 0 Å². The van der Waals surface area contributed by atoms with Crippen LogP contribution in [-0.2, 0) is 22.6 Å². The molecule has 1 atom stereocenters. The predicted molar refractivity (Wildman–Crippen MR) is 221 cm³/mol. The molecule has 5 aliphatic heterocycles. The summed E-state index contributed by atoms with van der Waals surface area (Å²) >= 11 is 6.29. The van der Waals surface area contributed by atoms with E-state index in [1.165, 1.54) is 6.33 Å². The van der Waals surface area contributed by atoms with Crippen molar-refractivity contribution in [3.05, 3.63) is 99.6 Å². The molecule has 7 heterocycles. The molecule has 2 aromatic heterocycles. The number of hydrogen-bond acceptors (Lipinski definition) is 13. The molecule has 5 aliphatic rings. The van der Waals surface area contributed by atoms with Crippen molar-refractivity contribution >= 4 is 64.1 Å². The minimum atomic E-state index is -0.986. The normalized spacial score (nSPS) is 19.8. The number of piperidine rings is 2. The van der Waals surface area contributed by atoms with Crippen molar-refractivity contribution in [3.8, 4) is 6.07 Å². The number of fused-ring (bicyclic) bond motifs is 2. The largest absolute Gasteiger partial charge is 0.369 e. The number of nitrogens with zero attached hydrogens (tertiary/aromatic N) is 9. The minimum Gasteiger partial charge on any atom is -0.369 e. The summed E-state index contributed by atoms with van der Waals surface area (Å²) in [6.07, 6.45) is 5.89. The Morgan fingerprint density at radius 2 is 1.60 bits per heavy atom. The summed E-state index contributed by atoms with van der Waals surface area (Å²) in [7, 11) is 0. The molecule has 60 heavy (non-hydrogen) atoms. The Hall–Kier alpha value is -6.44. The number of nitriles is 1. The molecule has 2 N–H and O–H groups in total. The fraction of sp³-hybridized carbons (Fsp3) is 0.372. The second-order valence-electron chi connectivity index (χ2n) is 15.9. The van der Waals surface area contributed by atoms with Crippen LogP contribution in [-0.4, -0.2) is 118 Å². The number of benzene rings is 2.